The number of anilines is 4. The Balaban J connectivity index is 2.51. The zero-order valence-electron chi connectivity index (χ0n) is 9.78. The monoisotopic (exact) mass is 365 g/mol. The van der Waals surface area contributed by atoms with Crippen molar-refractivity contribution in [1.82, 2.24) is 0 Å². The van der Waals surface area contributed by atoms with Crippen LogP contribution in [0.4, 0.5) is 35.9 Å². The molecular formula is C12H8BrClF3N3. The predicted octanol–water partition coefficient (Wildman–Crippen LogP) is 4.43. The van der Waals surface area contributed by atoms with Crippen LogP contribution in [0.2, 0.25) is 5.02 Å². The topological polar surface area (TPSA) is 64.1 Å². The first-order chi connectivity index (χ1) is 9.31. The van der Waals surface area contributed by atoms with Crippen molar-refractivity contribution in [3.63, 3.8) is 0 Å². The Morgan fingerprint density at radius 2 is 1.65 bits per heavy atom. The molecular weight excluding hydrogens is 359 g/mol. The van der Waals surface area contributed by atoms with Crippen LogP contribution in [0.25, 0.3) is 0 Å². The minimum Gasteiger partial charge on any atom is -0.397 e. The highest BCUT2D eigenvalue weighted by Gasteiger charge is 2.17. The van der Waals surface area contributed by atoms with Crippen molar-refractivity contribution in [2.24, 2.45) is 0 Å². The second-order valence-corrected chi connectivity index (χ2v) is 5.16. The molecule has 3 nitrogen and oxygen atoms in total. The molecule has 5 N–H and O–H groups in total. The zero-order chi connectivity index (χ0) is 15.0. The van der Waals surface area contributed by atoms with E-state index in [4.69, 9.17) is 23.1 Å². The van der Waals surface area contributed by atoms with Crippen LogP contribution in [0.5, 0.6) is 0 Å². The lowest BCUT2D eigenvalue weighted by atomic mass is 10.2. The van der Waals surface area contributed by atoms with Crippen LogP contribution < -0.4 is 16.8 Å². The lowest BCUT2D eigenvalue weighted by molar-refractivity contribution is 0.597. The van der Waals surface area contributed by atoms with Gasteiger partial charge in [-0.15, -0.1) is 0 Å². The van der Waals surface area contributed by atoms with Crippen molar-refractivity contribution in [2.75, 3.05) is 16.8 Å². The van der Waals surface area contributed by atoms with E-state index in [0.29, 0.717) is 0 Å². The van der Waals surface area contributed by atoms with Crippen LogP contribution in [-0.2, 0) is 0 Å². The fourth-order valence-electron chi connectivity index (χ4n) is 1.55. The number of halogens is 5. The lowest BCUT2D eigenvalue weighted by Gasteiger charge is -2.14. The van der Waals surface area contributed by atoms with Crippen molar-refractivity contribution in [2.45, 2.75) is 0 Å². The molecule has 0 aromatic heterocycles. The molecule has 0 atom stereocenters. The van der Waals surface area contributed by atoms with Crippen molar-refractivity contribution in [3.8, 4) is 0 Å². The van der Waals surface area contributed by atoms with E-state index in [2.05, 4.69) is 21.2 Å². The van der Waals surface area contributed by atoms with Gasteiger partial charge in [-0.25, -0.2) is 13.2 Å². The molecule has 0 aliphatic rings. The third kappa shape index (κ3) is 2.64. The van der Waals surface area contributed by atoms with E-state index in [1.54, 1.807) is 0 Å². The lowest BCUT2D eigenvalue weighted by Crippen LogP contribution is -2.04. The summed E-state index contributed by atoms with van der Waals surface area (Å²) in [5.74, 6) is -2.44. The molecule has 0 aliphatic heterocycles. The highest BCUT2D eigenvalue weighted by Crippen LogP contribution is 2.36. The molecule has 0 aliphatic carbocycles. The number of rotatable bonds is 2. The highest BCUT2D eigenvalue weighted by atomic mass is 79.9. The van der Waals surface area contributed by atoms with Gasteiger partial charge < -0.3 is 16.8 Å². The summed E-state index contributed by atoms with van der Waals surface area (Å²) < 4.78 is 41.0. The normalized spacial score (nSPS) is 10.7. The summed E-state index contributed by atoms with van der Waals surface area (Å²) in [4.78, 5) is 0. The molecule has 2 rings (SSSR count). The zero-order valence-corrected chi connectivity index (χ0v) is 12.1. The molecule has 2 aromatic carbocycles. The Labute approximate surface area is 125 Å². The van der Waals surface area contributed by atoms with Gasteiger partial charge >= 0.3 is 0 Å². The van der Waals surface area contributed by atoms with Crippen LogP contribution in [0.1, 0.15) is 0 Å². The quantitative estimate of drug-likeness (QED) is 0.544. The molecule has 0 radical (unpaired) electrons. The average molecular weight is 367 g/mol. The SMILES string of the molecule is Nc1cc(N)c(Nc2cc(F)c(Br)cc2F)c(F)c1Cl. The molecule has 0 amide bonds. The van der Waals surface area contributed by atoms with Crippen LogP contribution >= 0.6 is 27.5 Å². The standard InChI is InChI=1S/C12H8BrClF3N3/c13-4-1-6(16)9(2-5(4)15)20-12-8(19)3-7(18)10(14)11(12)17/h1-3,20H,18-19H2. The number of hydrogen-bond acceptors (Lipinski definition) is 3. The molecule has 0 unspecified atom stereocenters. The van der Waals surface area contributed by atoms with Gasteiger partial charge in [0.15, 0.2) is 5.82 Å². The molecule has 0 spiro atoms. The number of nitrogens with one attached hydrogen (secondary N) is 1. The van der Waals surface area contributed by atoms with Gasteiger partial charge in [0, 0.05) is 6.07 Å². The molecule has 0 bridgehead atoms. The van der Waals surface area contributed by atoms with Gasteiger partial charge in [-0.05, 0) is 28.1 Å². The van der Waals surface area contributed by atoms with Crippen LogP contribution in [0, 0.1) is 17.5 Å². The summed E-state index contributed by atoms with van der Waals surface area (Å²) in [6, 6.07) is 2.99. The van der Waals surface area contributed by atoms with Crippen molar-refractivity contribution in [1.29, 1.82) is 0 Å². The van der Waals surface area contributed by atoms with Gasteiger partial charge in [-0.1, -0.05) is 11.6 Å². The Morgan fingerprint density at radius 1 is 1.00 bits per heavy atom. The molecule has 0 saturated heterocycles. The molecule has 0 heterocycles. The largest absolute Gasteiger partial charge is 0.397 e. The summed E-state index contributed by atoms with van der Waals surface area (Å²) in [5, 5.41) is 2.02. The minimum atomic E-state index is -0.938. The van der Waals surface area contributed by atoms with Crippen LogP contribution in [-0.4, -0.2) is 0 Å². The summed E-state index contributed by atoms with van der Waals surface area (Å²) >= 11 is 8.48. The number of nitrogen functional groups attached to an aromatic ring is 2. The fourth-order valence-corrected chi connectivity index (χ4v) is 2.01. The summed E-state index contributed by atoms with van der Waals surface area (Å²) in [7, 11) is 0. The molecule has 8 heteroatoms. The summed E-state index contributed by atoms with van der Waals surface area (Å²) in [6.45, 7) is 0. The van der Waals surface area contributed by atoms with E-state index >= 15 is 0 Å². The summed E-state index contributed by atoms with van der Waals surface area (Å²) in [6.07, 6.45) is 0. The van der Waals surface area contributed by atoms with Gasteiger partial charge in [-0.2, -0.15) is 0 Å². The summed E-state index contributed by atoms with van der Waals surface area (Å²) in [5.41, 5.74) is 10.4. The first kappa shape index (κ1) is 14.8. The number of hydrogen-bond donors (Lipinski definition) is 3. The number of nitrogens with two attached hydrogens (primary N) is 2. The van der Waals surface area contributed by atoms with Crippen molar-refractivity contribution < 1.29 is 13.2 Å². The Bertz CT molecular complexity index is 694. The maximum absolute atomic E-state index is 13.9. The second-order valence-electron chi connectivity index (χ2n) is 3.93. The van der Waals surface area contributed by atoms with E-state index in [1.807, 2.05) is 0 Å². The molecule has 0 saturated carbocycles. The van der Waals surface area contributed by atoms with Crippen LogP contribution in [0.15, 0.2) is 22.7 Å². The molecule has 106 valence electrons. The Hall–Kier alpha value is -1.60. The van der Waals surface area contributed by atoms with E-state index < -0.39 is 17.5 Å². The molecule has 20 heavy (non-hydrogen) atoms. The molecule has 0 fully saturated rings. The molecule has 2 aromatic rings. The van der Waals surface area contributed by atoms with Crippen molar-refractivity contribution >= 4 is 50.3 Å². The highest BCUT2D eigenvalue weighted by molar-refractivity contribution is 9.10. The first-order valence-electron chi connectivity index (χ1n) is 5.25. The van der Waals surface area contributed by atoms with Gasteiger partial charge in [-0.3, -0.25) is 0 Å². The van der Waals surface area contributed by atoms with E-state index in [-0.39, 0.29) is 32.2 Å². The van der Waals surface area contributed by atoms with E-state index in [0.717, 1.165) is 12.1 Å². The van der Waals surface area contributed by atoms with Gasteiger partial charge in [0.1, 0.15) is 16.7 Å². The Morgan fingerprint density at radius 3 is 2.30 bits per heavy atom. The average Bonchev–Trinajstić information content (AvgIpc) is 2.38. The third-order valence-corrected chi connectivity index (χ3v) is 3.53. The van der Waals surface area contributed by atoms with Gasteiger partial charge in [0.25, 0.3) is 0 Å². The minimum absolute atomic E-state index is 0.0466. The first-order valence-corrected chi connectivity index (χ1v) is 6.43. The van der Waals surface area contributed by atoms with Gasteiger partial charge in [0.2, 0.25) is 0 Å². The predicted molar refractivity (Wildman–Crippen MR) is 77.6 cm³/mol. The van der Waals surface area contributed by atoms with Gasteiger partial charge in [0.05, 0.1) is 27.2 Å². The second kappa shape index (κ2) is 5.41. The number of benzene rings is 2. The fraction of sp³-hybridized carbons (Fsp3) is 0. The van der Waals surface area contributed by atoms with Crippen LogP contribution in [0.3, 0.4) is 0 Å². The maximum atomic E-state index is 13.9. The van der Waals surface area contributed by atoms with Crippen molar-refractivity contribution in [3.05, 3.63) is 45.1 Å². The third-order valence-electron chi connectivity index (χ3n) is 2.53. The maximum Gasteiger partial charge on any atom is 0.169 e. The smallest absolute Gasteiger partial charge is 0.169 e. The Kier molecular flexibility index (Phi) is 4.01. The van der Waals surface area contributed by atoms with E-state index in [1.165, 1.54) is 6.07 Å². The van der Waals surface area contributed by atoms with E-state index in [9.17, 15) is 13.2 Å².